The van der Waals surface area contributed by atoms with Crippen LogP contribution < -0.4 is 0 Å². The van der Waals surface area contributed by atoms with Crippen LogP contribution in [-0.4, -0.2) is 23.2 Å². The average Bonchev–Trinajstić information content (AvgIpc) is 3.00. The van der Waals surface area contributed by atoms with Gasteiger partial charge in [-0.2, -0.15) is 0 Å². The lowest BCUT2D eigenvalue weighted by Crippen LogP contribution is -1.99. The number of aromatic nitrogens is 2. The molecule has 0 aliphatic heterocycles. The number of thiazole rings is 1. The predicted octanol–water partition coefficient (Wildman–Crippen LogP) is 5.12. The highest BCUT2D eigenvalue weighted by Gasteiger charge is 2.24. The number of hydrogen-bond donors (Lipinski definition) is 0. The fourth-order valence-corrected chi connectivity index (χ4v) is 4.99. The van der Waals surface area contributed by atoms with Gasteiger partial charge < -0.3 is 9.05 Å². The van der Waals surface area contributed by atoms with E-state index in [0.717, 1.165) is 26.5 Å². The summed E-state index contributed by atoms with van der Waals surface area (Å²) in [7, 11) is -3.10. The third-order valence-corrected chi connectivity index (χ3v) is 6.48. The van der Waals surface area contributed by atoms with E-state index >= 15 is 0 Å². The Morgan fingerprint density at radius 2 is 1.83 bits per heavy atom. The van der Waals surface area contributed by atoms with E-state index in [9.17, 15) is 4.57 Å². The van der Waals surface area contributed by atoms with Gasteiger partial charge in [0, 0.05) is 6.20 Å². The molecule has 7 heteroatoms. The molecule has 2 aromatic heterocycles. The van der Waals surface area contributed by atoms with E-state index in [2.05, 4.69) is 9.97 Å². The molecule has 0 unspecified atom stereocenters. The molecule has 0 saturated heterocycles. The van der Waals surface area contributed by atoms with Gasteiger partial charge in [-0.15, -0.1) is 11.3 Å². The van der Waals surface area contributed by atoms with Crippen molar-refractivity contribution >= 4 is 29.1 Å². The van der Waals surface area contributed by atoms with Crippen LogP contribution in [0.1, 0.15) is 19.4 Å². The maximum Gasteiger partial charge on any atom is 0.335 e. The number of benzene rings is 1. The summed E-state index contributed by atoms with van der Waals surface area (Å²) in [5.41, 5.74) is 2.60. The van der Waals surface area contributed by atoms with Gasteiger partial charge in [0.2, 0.25) is 0 Å². The highest BCUT2D eigenvalue weighted by molar-refractivity contribution is 7.53. The lowest BCUT2D eigenvalue weighted by atomic mass is 10.3. The molecule has 0 fully saturated rings. The van der Waals surface area contributed by atoms with Gasteiger partial charge >= 0.3 is 7.60 Å². The van der Waals surface area contributed by atoms with E-state index in [-0.39, 0.29) is 6.16 Å². The Morgan fingerprint density at radius 3 is 2.46 bits per heavy atom. The highest BCUT2D eigenvalue weighted by Crippen LogP contribution is 2.51. The molecule has 0 aliphatic carbocycles. The Hall–Kier alpha value is -1.59. The molecule has 0 amide bonds. The van der Waals surface area contributed by atoms with Crippen molar-refractivity contribution in [1.82, 2.24) is 9.97 Å². The Bertz CT molecular complexity index is 821. The molecule has 5 nitrogen and oxygen atoms in total. The van der Waals surface area contributed by atoms with Crippen molar-refractivity contribution in [3.05, 3.63) is 48.2 Å². The van der Waals surface area contributed by atoms with E-state index in [1.54, 1.807) is 31.4 Å². The number of hydrogen-bond acceptors (Lipinski definition) is 6. The minimum absolute atomic E-state index is 0.224. The molecular formula is C17H19N2O3PS. The van der Waals surface area contributed by atoms with Crippen molar-refractivity contribution in [3.63, 3.8) is 0 Å². The van der Waals surface area contributed by atoms with E-state index in [1.807, 2.05) is 36.4 Å². The maximum atomic E-state index is 12.6. The Morgan fingerprint density at radius 1 is 1.08 bits per heavy atom. The zero-order valence-electron chi connectivity index (χ0n) is 13.6. The van der Waals surface area contributed by atoms with Crippen molar-refractivity contribution in [1.29, 1.82) is 0 Å². The van der Waals surface area contributed by atoms with Gasteiger partial charge in [0.25, 0.3) is 0 Å². The minimum atomic E-state index is -3.10. The fraction of sp³-hybridized carbons (Fsp3) is 0.294. The second kappa shape index (κ2) is 7.53. The van der Waals surface area contributed by atoms with Crippen molar-refractivity contribution in [2.45, 2.75) is 20.0 Å². The molecule has 0 aliphatic rings. The van der Waals surface area contributed by atoms with E-state index in [1.165, 1.54) is 0 Å². The number of rotatable bonds is 7. The van der Waals surface area contributed by atoms with Crippen LogP contribution in [0.3, 0.4) is 0 Å². The standard InChI is InChI=1S/C17H19N2O3PS/c1-3-21-23(20,22-4-2)12-13-9-10-15(18-11-13)17-19-14-7-5-6-8-16(14)24-17/h5-11H,3-4,12H2,1-2H3. The molecule has 0 atom stereocenters. The summed E-state index contributed by atoms with van der Waals surface area (Å²) in [4.78, 5) is 9.06. The van der Waals surface area contributed by atoms with Gasteiger partial charge in [0.1, 0.15) is 5.01 Å². The Balaban J connectivity index is 1.81. The van der Waals surface area contributed by atoms with Gasteiger partial charge in [-0.25, -0.2) is 4.98 Å². The number of nitrogens with zero attached hydrogens (tertiary/aromatic N) is 2. The quantitative estimate of drug-likeness (QED) is 0.546. The highest BCUT2D eigenvalue weighted by atomic mass is 32.1. The average molecular weight is 362 g/mol. The monoisotopic (exact) mass is 362 g/mol. The summed E-state index contributed by atoms with van der Waals surface area (Å²) < 4.78 is 24.4. The first-order valence-electron chi connectivity index (χ1n) is 7.82. The molecule has 2 heterocycles. The smallest absolute Gasteiger partial charge is 0.309 e. The number of pyridine rings is 1. The topological polar surface area (TPSA) is 61.3 Å². The lowest BCUT2D eigenvalue weighted by Gasteiger charge is -2.16. The molecule has 0 saturated carbocycles. The van der Waals surface area contributed by atoms with Crippen LogP contribution in [0.5, 0.6) is 0 Å². The van der Waals surface area contributed by atoms with Crippen molar-refractivity contribution in [2.24, 2.45) is 0 Å². The van der Waals surface area contributed by atoms with Gasteiger partial charge in [0.15, 0.2) is 0 Å². The zero-order chi connectivity index (χ0) is 17.0. The van der Waals surface area contributed by atoms with E-state index in [0.29, 0.717) is 13.2 Å². The first-order valence-corrected chi connectivity index (χ1v) is 10.4. The van der Waals surface area contributed by atoms with Crippen molar-refractivity contribution < 1.29 is 13.6 Å². The molecule has 0 spiro atoms. The summed E-state index contributed by atoms with van der Waals surface area (Å²) in [5.74, 6) is 0. The van der Waals surface area contributed by atoms with Crippen LogP contribution >= 0.6 is 18.9 Å². The predicted molar refractivity (Wildman–Crippen MR) is 97.4 cm³/mol. The van der Waals surface area contributed by atoms with Crippen LogP contribution in [0.4, 0.5) is 0 Å². The van der Waals surface area contributed by atoms with Crippen LogP contribution in [0.15, 0.2) is 42.6 Å². The van der Waals surface area contributed by atoms with E-state index in [4.69, 9.17) is 9.05 Å². The summed E-state index contributed by atoms with van der Waals surface area (Å²) in [6.07, 6.45) is 1.94. The summed E-state index contributed by atoms with van der Waals surface area (Å²) >= 11 is 1.61. The second-order valence-electron chi connectivity index (χ2n) is 5.14. The normalized spacial score (nSPS) is 11.9. The zero-order valence-corrected chi connectivity index (χ0v) is 15.3. The molecular weight excluding hydrogens is 343 g/mol. The first kappa shape index (κ1) is 17.2. The van der Waals surface area contributed by atoms with Gasteiger partial charge in [-0.1, -0.05) is 18.2 Å². The van der Waals surface area contributed by atoms with Crippen LogP contribution in [-0.2, 0) is 19.8 Å². The molecule has 126 valence electrons. The van der Waals surface area contributed by atoms with Crippen LogP contribution in [0, 0.1) is 0 Å². The molecule has 3 rings (SSSR count). The molecule has 3 aromatic rings. The Labute approximate surface area is 145 Å². The SMILES string of the molecule is CCOP(=O)(Cc1ccc(-c2nc3ccccc3s2)nc1)OCC. The molecule has 0 radical (unpaired) electrons. The maximum absolute atomic E-state index is 12.6. The van der Waals surface area contributed by atoms with Crippen molar-refractivity contribution in [3.8, 4) is 10.7 Å². The summed E-state index contributed by atoms with van der Waals surface area (Å²) in [6, 6.07) is 11.8. The largest absolute Gasteiger partial charge is 0.335 e. The van der Waals surface area contributed by atoms with Crippen molar-refractivity contribution in [2.75, 3.05) is 13.2 Å². The van der Waals surface area contributed by atoms with Gasteiger partial charge in [-0.3, -0.25) is 9.55 Å². The Kier molecular flexibility index (Phi) is 5.41. The third kappa shape index (κ3) is 3.90. The van der Waals surface area contributed by atoms with Crippen LogP contribution in [0.25, 0.3) is 20.9 Å². The summed E-state index contributed by atoms with van der Waals surface area (Å²) in [5, 5.41) is 0.876. The molecule has 24 heavy (non-hydrogen) atoms. The second-order valence-corrected chi connectivity index (χ2v) is 8.23. The molecule has 0 N–H and O–H groups in total. The summed E-state index contributed by atoms with van der Waals surface area (Å²) in [6.45, 7) is 4.32. The molecule has 1 aromatic carbocycles. The minimum Gasteiger partial charge on any atom is -0.309 e. The molecule has 0 bridgehead atoms. The number of fused-ring (bicyclic) bond motifs is 1. The number of para-hydroxylation sites is 1. The first-order chi connectivity index (χ1) is 11.6. The third-order valence-electron chi connectivity index (χ3n) is 3.37. The van der Waals surface area contributed by atoms with Crippen LogP contribution in [0.2, 0.25) is 0 Å². The lowest BCUT2D eigenvalue weighted by molar-refractivity contribution is 0.219. The van der Waals surface area contributed by atoms with E-state index < -0.39 is 7.60 Å². The van der Waals surface area contributed by atoms with Gasteiger partial charge in [0.05, 0.1) is 35.3 Å². The fourth-order valence-electron chi connectivity index (χ4n) is 2.37. The van der Waals surface area contributed by atoms with Gasteiger partial charge in [-0.05, 0) is 37.6 Å².